The van der Waals surface area contributed by atoms with E-state index in [-0.39, 0.29) is 0 Å². The van der Waals surface area contributed by atoms with Crippen molar-refractivity contribution in [1.82, 2.24) is 49.4 Å². The predicted octanol–water partition coefficient (Wildman–Crippen LogP) is 17.4. The summed E-state index contributed by atoms with van der Waals surface area (Å²) in [6.45, 7) is 0. The highest BCUT2D eigenvalue weighted by Gasteiger charge is 2.26. The van der Waals surface area contributed by atoms with Crippen LogP contribution in [0.4, 0.5) is 0 Å². The van der Waals surface area contributed by atoms with Crippen molar-refractivity contribution in [2.45, 2.75) is 0 Å². The molecule has 0 spiro atoms. The van der Waals surface area contributed by atoms with E-state index in [9.17, 15) is 10.5 Å². The van der Waals surface area contributed by atoms with Gasteiger partial charge in [-0.3, -0.25) is 0 Å². The van der Waals surface area contributed by atoms with Gasteiger partial charge in [0.05, 0.1) is 40.0 Å². The lowest BCUT2D eigenvalue weighted by atomic mass is 9.91. The summed E-state index contributed by atoms with van der Waals surface area (Å²) in [5.74, 6) is 4.57. The maximum absolute atomic E-state index is 10.6. The number of nitrogens with zero attached hydrogens (tertiary/aromatic N) is 12. The van der Waals surface area contributed by atoms with Crippen molar-refractivity contribution < 1.29 is 0 Å². The Hall–Kier alpha value is -12.8. The van der Waals surface area contributed by atoms with Crippen LogP contribution in [0.2, 0.25) is 0 Å². The van der Waals surface area contributed by atoms with Crippen LogP contribution in [0.15, 0.2) is 279 Å². The van der Waals surface area contributed by atoms with Gasteiger partial charge in [0, 0.05) is 72.0 Å². The molecule has 4 heterocycles. The number of nitriles is 2. The molecule has 0 radical (unpaired) electrons. The zero-order valence-electron chi connectivity index (χ0n) is 47.4. The van der Waals surface area contributed by atoms with E-state index >= 15 is 0 Å². The summed E-state index contributed by atoms with van der Waals surface area (Å²) >= 11 is 0. The van der Waals surface area contributed by atoms with Crippen molar-refractivity contribution in [3.63, 3.8) is 0 Å². The Morgan fingerprint density at radius 3 is 0.764 bits per heavy atom. The highest BCUT2D eigenvalue weighted by Crippen LogP contribution is 2.46. The van der Waals surface area contributed by atoms with E-state index in [0.29, 0.717) is 69.1 Å². The van der Waals surface area contributed by atoms with E-state index in [0.717, 1.165) is 94.3 Å². The lowest BCUT2D eigenvalue weighted by Gasteiger charge is -2.21. The molecule has 0 aliphatic heterocycles. The number of aromatic nitrogens is 10. The number of hydrogen-bond acceptors (Lipinski definition) is 11. The quantitative estimate of drug-likeness (QED) is 0.114. The molecular formula is C77H46N12. The fourth-order valence-electron chi connectivity index (χ4n) is 11.3. The van der Waals surface area contributed by atoms with Crippen LogP contribution >= 0.6 is 0 Å². The number of fused-ring (bicyclic) bond motifs is 3. The average Bonchev–Trinajstić information content (AvgIpc) is 1.66. The smallest absolute Gasteiger partial charge is 0.164 e. The molecule has 0 bridgehead atoms. The van der Waals surface area contributed by atoms with Gasteiger partial charge in [0.2, 0.25) is 0 Å². The molecule has 89 heavy (non-hydrogen) atoms. The Balaban J connectivity index is 1.04. The third-order valence-electron chi connectivity index (χ3n) is 15.6. The predicted molar refractivity (Wildman–Crippen MR) is 350 cm³/mol. The second-order valence-electron chi connectivity index (χ2n) is 21.2. The third kappa shape index (κ3) is 10.4. The lowest BCUT2D eigenvalue weighted by Crippen LogP contribution is -2.04. The molecule has 12 heteroatoms. The highest BCUT2D eigenvalue weighted by molar-refractivity contribution is 6.13. The van der Waals surface area contributed by atoms with Gasteiger partial charge in [0.15, 0.2) is 52.4 Å². The first kappa shape index (κ1) is 53.0. The van der Waals surface area contributed by atoms with Crippen LogP contribution in [-0.4, -0.2) is 49.4 Å². The maximum atomic E-state index is 10.6. The Bertz CT molecular complexity index is 4820. The summed E-state index contributed by atoms with van der Waals surface area (Å²) in [7, 11) is 0. The summed E-state index contributed by atoms with van der Waals surface area (Å²) in [5.41, 5.74) is 13.7. The molecule has 0 N–H and O–H groups in total. The van der Waals surface area contributed by atoms with Gasteiger partial charge in [-0.2, -0.15) is 10.5 Å². The molecule has 12 nitrogen and oxygen atoms in total. The molecule has 0 saturated heterocycles. The topological polar surface area (TPSA) is 169 Å². The van der Waals surface area contributed by atoms with Gasteiger partial charge in [0.25, 0.3) is 0 Å². The largest absolute Gasteiger partial charge is 0.308 e. The van der Waals surface area contributed by atoms with Crippen LogP contribution in [-0.2, 0) is 0 Å². The van der Waals surface area contributed by atoms with E-state index in [4.69, 9.17) is 44.9 Å². The molecule has 15 rings (SSSR count). The van der Waals surface area contributed by atoms with E-state index in [2.05, 4.69) is 65.2 Å². The van der Waals surface area contributed by atoms with Gasteiger partial charge >= 0.3 is 0 Å². The normalized spacial score (nSPS) is 11.1. The van der Waals surface area contributed by atoms with Crippen LogP contribution < -0.4 is 0 Å². The number of hydrogen-bond donors (Lipinski definition) is 0. The maximum Gasteiger partial charge on any atom is 0.164 e. The Morgan fingerprint density at radius 2 is 0.483 bits per heavy atom. The molecule has 0 saturated carbocycles. The minimum absolute atomic E-state index is 0.431. The van der Waals surface area contributed by atoms with Crippen LogP contribution in [0.25, 0.3) is 152 Å². The van der Waals surface area contributed by atoms with Crippen molar-refractivity contribution in [3.8, 4) is 143 Å². The second-order valence-corrected chi connectivity index (χ2v) is 21.2. The zero-order chi connectivity index (χ0) is 59.6. The van der Waals surface area contributed by atoms with Crippen molar-refractivity contribution in [2.24, 2.45) is 0 Å². The van der Waals surface area contributed by atoms with Gasteiger partial charge in [-0.1, -0.05) is 206 Å². The standard InChI is InChI=1S/C77H46N12/c78-47-49-21-19-35-57(41-49)62-45-61(77-87-73(55-31-15-5-16-32-55)82-74(88-77)56-33-17-6-18-34-56)46-63(58-36-20-22-50(42-58)48-79)68(62)89-66-39-37-59(75-83-69(51-23-7-1-8-24-51)80-70(84-75)52-25-9-2-10-26-52)43-64(66)65-44-60(38-40-67(65)89)76-85-71(53-27-11-3-12-28-53)81-72(86-76)54-29-13-4-14-30-54/h1-46H. The molecule has 0 aliphatic rings. The van der Waals surface area contributed by atoms with E-state index in [1.54, 1.807) is 12.1 Å². The molecule has 0 amide bonds. The van der Waals surface area contributed by atoms with E-state index < -0.39 is 0 Å². The molecule has 0 atom stereocenters. The zero-order valence-corrected chi connectivity index (χ0v) is 47.4. The van der Waals surface area contributed by atoms with E-state index in [1.807, 2.05) is 218 Å². The fourth-order valence-corrected chi connectivity index (χ4v) is 11.3. The highest BCUT2D eigenvalue weighted by atomic mass is 15.1. The minimum atomic E-state index is 0.431. The molecule has 0 aliphatic carbocycles. The van der Waals surface area contributed by atoms with Gasteiger partial charge in [-0.25, -0.2) is 44.9 Å². The Kier molecular flexibility index (Phi) is 13.7. The molecule has 414 valence electrons. The minimum Gasteiger partial charge on any atom is -0.308 e. The molecule has 0 fully saturated rings. The summed E-state index contributed by atoms with van der Waals surface area (Å²) in [6.07, 6.45) is 0. The molecule has 11 aromatic carbocycles. The average molecular weight is 1140 g/mol. The Labute approximate surface area is 511 Å². The van der Waals surface area contributed by atoms with E-state index in [1.165, 1.54) is 0 Å². The van der Waals surface area contributed by atoms with Crippen molar-refractivity contribution >= 4 is 21.8 Å². The number of rotatable bonds is 12. The summed E-state index contributed by atoms with van der Waals surface area (Å²) in [6, 6.07) is 96.5. The molecular weight excluding hydrogens is 1090 g/mol. The SMILES string of the molecule is N#Cc1cccc(-c2cc(-c3nc(-c4ccccc4)nc(-c4ccccc4)n3)cc(-c3cccc(C#N)c3)c2-n2c3ccc(-c4nc(-c5ccccc5)nc(-c5ccccc5)n4)cc3c3cc(-c4nc(-c5ccccc5)nc(-c5ccccc5)n4)ccc32)c1. The summed E-state index contributed by atoms with van der Waals surface area (Å²) in [4.78, 5) is 46.4. The monoisotopic (exact) mass is 1140 g/mol. The third-order valence-corrected chi connectivity index (χ3v) is 15.6. The summed E-state index contributed by atoms with van der Waals surface area (Å²) < 4.78 is 2.28. The van der Waals surface area contributed by atoms with Gasteiger partial charge in [-0.05, 0) is 83.9 Å². The van der Waals surface area contributed by atoms with Crippen molar-refractivity contribution in [3.05, 3.63) is 290 Å². The van der Waals surface area contributed by atoms with Gasteiger partial charge < -0.3 is 4.57 Å². The molecule has 15 aromatic rings. The van der Waals surface area contributed by atoms with Crippen LogP contribution in [0.5, 0.6) is 0 Å². The first-order valence-electron chi connectivity index (χ1n) is 28.9. The van der Waals surface area contributed by atoms with Gasteiger partial charge in [0.1, 0.15) is 0 Å². The first-order chi connectivity index (χ1) is 44.0. The number of benzene rings is 11. The van der Waals surface area contributed by atoms with Crippen LogP contribution in [0.3, 0.4) is 0 Å². The Morgan fingerprint density at radius 1 is 0.225 bits per heavy atom. The van der Waals surface area contributed by atoms with Crippen molar-refractivity contribution in [2.75, 3.05) is 0 Å². The molecule has 0 unspecified atom stereocenters. The van der Waals surface area contributed by atoms with Crippen LogP contribution in [0.1, 0.15) is 11.1 Å². The first-order valence-corrected chi connectivity index (χ1v) is 28.9. The fraction of sp³-hybridized carbons (Fsp3) is 0. The van der Waals surface area contributed by atoms with Crippen molar-refractivity contribution in [1.29, 1.82) is 10.5 Å². The molecule has 4 aromatic heterocycles. The summed E-state index contributed by atoms with van der Waals surface area (Å²) in [5, 5.41) is 22.9. The van der Waals surface area contributed by atoms with Gasteiger partial charge in [-0.15, -0.1) is 0 Å². The van der Waals surface area contributed by atoms with Crippen LogP contribution in [0, 0.1) is 22.7 Å². The second kappa shape index (κ2) is 23.0. The lowest BCUT2D eigenvalue weighted by molar-refractivity contribution is 1.07.